The maximum Gasteiger partial charge on any atom is 0.184 e. The average Bonchev–Trinajstić information content (AvgIpc) is 2.16. The Morgan fingerprint density at radius 2 is 1.94 bits per heavy atom. The first-order chi connectivity index (χ1) is 7.41. The largest absolute Gasteiger partial charge is 0.491 e. The topological polar surface area (TPSA) is 61.5 Å². The van der Waals surface area contributed by atoms with E-state index in [0.29, 0.717) is 29.1 Å². The summed E-state index contributed by atoms with van der Waals surface area (Å²) in [6.07, 6.45) is 0. The van der Waals surface area contributed by atoms with Crippen LogP contribution in [0.5, 0.6) is 11.5 Å². The number of hydrogen-bond donors (Lipinski definition) is 1. The number of benzene rings is 1. The van der Waals surface area contributed by atoms with Crippen LogP contribution in [0.3, 0.4) is 0 Å². The van der Waals surface area contributed by atoms with Crippen molar-refractivity contribution in [2.45, 2.75) is 6.92 Å². The molecule has 0 aliphatic heterocycles. The summed E-state index contributed by atoms with van der Waals surface area (Å²) in [4.78, 5) is 0. The van der Waals surface area contributed by atoms with Crippen molar-refractivity contribution >= 4 is 18.1 Å². The molecule has 0 heterocycles. The average molecular weight is 243 g/mol. The van der Waals surface area contributed by atoms with E-state index in [1.165, 1.54) is 7.11 Å². The van der Waals surface area contributed by atoms with E-state index in [2.05, 4.69) is 0 Å². The summed E-state index contributed by atoms with van der Waals surface area (Å²) >= 11 is 0. The molecule has 5 heteroatoms. The van der Waals surface area contributed by atoms with Crippen LogP contribution in [-0.4, -0.2) is 27.0 Å². The van der Waals surface area contributed by atoms with Crippen molar-refractivity contribution in [1.29, 1.82) is 0 Å². The number of ether oxygens (including phenoxy) is 2. The molecule has 1 aromatic rings. The maximum atomic E-state index is 12.1. The molecule has 2 N–H and O–H groups in total. The molecule has 0 unspecified atom stereocenters. The first-order valence-electron chi connectivity index (χ1n) is 5.06. The zero-order valence-electron chi connectivity index (χ0n) is 10.1. The monoisotopic (exact) mass is 243 g/mol. The number of nitrogens with two attached hydrogens (primary N) is 1. The normalized spacial score (nSPS) is 11.2. The Morgan fingerprint density at radius 3 is 2.38 bits per heavy atom. The van der Waals surface area contributed by atoms with E-state index in [9.17, 15) is 4.57 Å². The second-order valence-electron chi connectivity index (χ2n) is 3.82. The van der Waals surface area contributed by atoms with E-state index in [1.807, 2.05) is 6.92 Å². The molecule has 0 fully saturated rings. The first-order valence-corrected chi connectivity index (χ1v) is 7.66. The number of rotatable bonds is 4. The lowest BCUT2D eigenvalue weighted by Crippen LogP contribution is -2.12. The van der Waals surface area contributed by atoms with Crippen LogP contribution in [0.15, 0.2) is 12.1 Å². The van der Waals surface area contributed by atoms with Gasteiger partial charge in [0.2, 0.25) is 0 Å². The smallest absolute Gasteiger partial charge is 0.184 e. The molecule has 0 saturated carbocycles. The van der Waals surface area contributed by atoms with Gasteiger partial charge in [0.15, 0.2) is 11.5 Å². The fraction of sp³-hybridized carbons (Fsp3) is 0.455. The summed E-state index contributed by atoms with van der Waals surface area (Å²) in [6, 6.07) is 3.43. The number of anilines is 1. The summed E-state index contributed by atoms with van der Waals surface area (Å²) in [5, 5.41) is 0.667. The molecule has 0 aliphatic rings. The molecule has 0 atom stereocenters. The summed E-state index contributed by atoms with van der Waals surface area (Å²) in [5.74, 6) is 0.960. The molecule has 0 amide bonds. The van der Waals surface area contributed by atoms with Gasteiger partial charge in [0.05, 0.1) is 24.7 Å². The zero-order chi connectivity index (χ0) is 12.3. The first kappa shape index (κ1) is 12.9. The SMILES string of the molecule is CCOc1c(P(C)(C)=O)ccc(N)c1OC. The van der Waals surface area contributed by atoms with Crippen molar-refractivity contribution in [3.63, 3.8) is 0 Å². The summed E-state index contributed by atoms with van der Waals surface area (Å²) in [6.45, 7) is 5.73. The highest BCUT2D eigenvalue weighted by molar-refractivity contribution is 7.70. The van der Waals surface area contributed by atoms with Crippen molar-refractivity contribution in [3.8, 4) is 11.5 Å². The predicted octanol–water partition coefficient (Wildman–Crippen LogP) is 1.92. The minimum Gasteiger partial charge on any atom is -0.491 e. The van der Waals surface area contributed by atoms with Crippen molar-refractivity contribution in [2.24, 2.45) is 0 Å². The Hall–Kier alpha value is -1.15. The van der Waals surface area contributed by atoms with E-state index in [4.69, 9.17) is 15.2 Å². The minimum atomic E-state index is -2.41. The standard InChI is InChI=1S/C11H18NO3P/c1-5-15-11-9(16(3,4)13)7-6-8(12)10(11)14-2/h6-7H,5,12H2,1-4H3. The predicted molar refractivity (Wildman–Crippen MR) is 67.7 cm³/mol. The van der Waals surface area contributed by atoms with E-state index in [0.717, 1.165) is 0 Å². The van der Waals surface area contributed by atoms with Crippen LogP contribution in [0.25, 0.3) is 0 Å². The molecule has 4 nitrogen and oxygen atoms in total. The third-order valence-corrected chi connectivity index (χ3v) is 3.71. The molecular formula is C11H18NO3P. The third kappa shape index (κ3) is 2.50. The van der Waals surface area contributed by atoms with Gasteiger partial charge in [-0.2, -0.15) is 0 Å². The van der Waals surface area contributed by atoms with E-state index >= 15 is 0 Å². The van der Waals surface area contributed by atoms with Crippen molar-refractivity contribution < 1.29 is 14.0 Å². The van der Waals surface area contributed by atoms with Crippen molar-refractivity contribution in [1.82, 2.24) is 0 Å². The van der Waals surface area contributed by atoms with Crippen LogP contribution in [0, 0.1) is 0 Å². The Kier molecular flexibility index (Phi) is 3.87. The fourth-order valence-electron chi connectivity index (χ4n) is 1.49. The number of hydrogen-bond acceptors (Lipinski definition) is 4. The van der Waals surface area contributed by atoms with Crippen molar-refractivity contribution in [3.05, 3.63) is 12.1 Å². The van der Waals surface area contributed by atoms with Gasteiger partial charge in [-0.1, -0.05) is 0 Å². The minimum absolute atomic E-state index is 0.461. The molecule has 1 aromatic carbocycles. The highest BCUT2D eigenvalue weighted by Gasteiger charge is 2.22. The Bertz CT molecular complexity index is 425. The Morgan fingerprint density at radius 1 is 1.31 bits per heavy atom. The van der Waals surface area contributed by atoms with E-state index < -0.39 is 7.14 Å². The molecular weight excluding hydrogens is 225 g/mol. The molecule has 0 aromatic heterocycles. The summed E-state index contributed by atoms with van der Waals surface area (Å²) in [7, 11) is -0.884. The van der Waals surface area contributed by atoms with Crippen LogP contribution in [0.1, 0.15) is 6.92 Å². The van der Waals surface area contributed by atoms with Gasteiger partial charge in [-0.3, -0.25) is 0 Å². The van der Waals surface area contributed by atoms with Gasteiger partial charge >= 0.3 is 0 Å². The number of nitrogen functional groups attached to an aromatic ring is 1. The maximum absolute atomic E-state index is 12.1. The van der Waals surface area contributed by atoms with Gasteiger partial charge in [0.25, 0.3) is 0 Å². The molecule has 0 aliphatic carbocycles. The van der Waals surface area contributed by atoms with Gasteiger partial charge in [-0.05, 0) is 32.4 Å². The van der Waals surface area contributed by atoms with Gasteiger partial charge in [0.1, 0.15) is 7.14 Å². The van der Waals surface area contributed by atoms with Crippen molar-refractivity contribution in [2.75, 3.05) is 32.8 Å². The molecule has 0 radical (unpaired) electrons. The second-order valence-corrected chi connectivity index (χ2v) is 7.00. The second kappa shape index (κ2) is 4.79. The van der Waals surface area contributed by atoms with Crippen LogP contribution in [-0.2, 0) is 4.57 Å². The zero-order valence-corrected chi connectivity index (χ0v) is 11.0. The molecule has 0 spiro atoms. The summed E-state index contributed by atoms with van der Waals surface area (Å²) in [5.41, 5.74) is 6.27. The molecule has 16 heavy (non-hydrogen) atoms. The lowest BCUT2D eigenvalue weighted by Gasteiger charge is -2.18. The van der Waals surface area contributed by atoms with Crippen LogP contribution < -0.4 is 20.5 Å². The fourth-order valence-corrected chi connectivity index (χ4v) is 2.57. The molecule has 1 rings (SSSR count). The highest BCUT2D eigenvalue weighted by atomic mass is 31.2. The Labute approximate surface area is 96.1 Å². The van der Waals surface area contributed by atoms with Gasteiger partial charge in [0, 0.05) is 0 Å². The molecule has 0 saturated heterocycles. The van der Waals surface area contributed by atoms with Gasteiger partial charge < -0.3 is 19.8 Å². The molecule has 90 valence electrons. The van der Waals surface area contributed by atoms with Crippen LogP contribution in [0.2, 0.25) is 0 Å². The van der Waals surface area contributed by atoms with E-state index in [1.54, 1.807) is 25.5 Å². The van der Waals surface area contributed by atoms with E-state index in [-0.39, 0.29) is 0 Å². The lowest BCUT2D eigenvalue weighted by molar-refractivity contribution is 0.314. The third-order valence-electron chi connectivity index (χ3n) is 2.19. The van der Waals surface area contributed by atoms with Gasteiger partial charge in [-0.15, -0.1) is 0 Å². The van der Waals surface area contributed by atoms with Gasteiger partial charge in [-0.25, -0.2) is 0 Å². The summed E-state index contributed by atoms with van der Waals surface area (Å²) < 4.78 is 22.8. The highest BCUT2D eigenvalue weighted by Crippen LogP contribution is 2.44. The number of methoxy groups -OCH3 is 1. The molecule has 0 bridgehead atoms. The lowest BCUT2D eigenvalue weighted by atomic mass is 10.2. The van der Waals surface area contributed by atoms with Crippen LogP contribution >= 0.6 is 7.14 Å². The quantitative estimate of drug-likeness (QED) is 0.648. The Balaban J connectivity index is 3.45. The van der Waals surface area contributed by atoms with Crippen LogP contribution in [0.4, 0.5) is 5.69 Å².